The zero-order valence-corrected chi connectivity index (χ0v) is 24.9. The molecule has 6 rings (SSSR count). The molecule has 0 bridgehead atoms. The van der Waals surface area contributed by atoms with E-state index in [0.717, 1.165) is 50.5 Å². The van der Waals surface area contributed by atoms with E-state index in [0.29, 0.717) is 37.9 Å². The number of carbonyl (C=O) groups is 2. The Morgan fingerprint density at radius 3 is 2.55 bits per heavy atom. The average molecular weight is 594 g/mol. The van der Waals surface area contributed by atoms with Crippen LogP contribution in [0.25, 0.3) is 32.8 Å². The molecule has 5 aromatic rings. The maximum Gasteiger partial charge on any atom is 0.409 e. The third-order valence-corrected chi connectivity index (χ3v) is 7.93. The van der Waals surface area contributed by atoms with Crippen molar-refractivity contribution in [3.8, 4) is 16.9 Å². The van der Waals surface area contributed by atoms with Crippen LogP contribution in [0.5, 0.6) is 5.75 Å². The van der Waals surface area contributed by atoms with E-state index in [9.17, 15) is 9.59 Å². The Kier molecular flexibility index (Phi) is 8.31. The van der Waals surface area contributed by atoms with Gasteiger partial charge in [-0.25, -0.2) is 9.78 Å². The lowest BCUT2D eigenvalue weighted by molar-refractivity contribution is -0.142. The molecule has 1 aliphatic rings. The number of carbonyl (C=O) groups excluding carboxylic acids is 2. The van der Waals surface area contributed by atoms with Gasteiger partial charge in [-0.1, -0.05) is 36.4 Å². The van der Waals surface area contributed by atoms with E-state index in [2.05, 4.69) is 35.3 Å². The first-order valence-corrected chi connectivity index (χ1v) is 14.9. The maximum atomic E-state index is 12.4. The van der Waals surface area contributed by atoms with Crippen molar-refractivity contribution in [2.24, 2.45) is 0 Å². The maximum absolute atomic E-state index is 12.4. The first-order chi connectivity index (χ1) is 21.4. The lowest BCUT2D eigenvalue weighted by Crippen LogP contribution is -2.29. The van der Waals surface area contributed by atoms with Crippen LogP contribution in [-0.2, 0) is 27.3 Å². The van der Waals surface area contributed by atoms with Crippen LogP contribution in [0.2, 0.25) is 0 Å². The quantitative estimate of drug-likeness (QED) is 0.209. The molecule has 3 aromatic carbocycles. The Labute approximate surface area is 255 Å². The molecule has 0 saturated carbocycles. The number of anilines is 1. The molecule has 44 heavy (non-hydrogen) atoms. The second-order valence-electron chi connectivity index (χ2n) is 10.7. The summed E-state index contributed by atoms with van der Waals surface area (Å²) in [7, 11) is 0. The number of amides is 1. The first kappa shape index (κ1) is 29.0. The predicted octanol–water partition coefficient (Wildman–Crippen LogP) is 5.92. The molecular weight excluding hydrogens is 558 g/mol. The van der Waals surface area contributed by atoms with Crippen LogP contribution in [0.1, 0.15) is 37.6 Å². The van der Waals surface area contributed by atoms with Crippen molar-refractivity contribution >= 4 is 39.6 Å². The highest BCUT2D eigenvalue weighted by Crippen LogP contribution is 2.34. The van der Waals surface area contributed by atoms with Gasteiger partial charge < -0.3 is 24.8 Å². The number of ether oxygens (including phenoxy) is 3. The third kappa shape index (κ3) is 5.88. The van der Waals surface area contributed by atoms with E-state index in [1.165, 1.54) is 0 Å². The number of nitrogens with two attached hydrogens (primary N) is 1. The molecule has 0 radical (unpaired) electrons. The van der Waals surface area contributed by atoms with Crippen LogP contribution in [0, 0.1) is 0 Å². The smallest absolute Gasteiger partial charge is 0.409 e. The van der Waals surface area contributed by atoms with Crippen LogP contribution < -0.4 is 10.5 Å². The molecule has 0 spiro atoms. The van der Waals surface area contributed by atoms with Crippen molar-refractivity contribution in [1.82, 2.24) is 19.7 Å². The lowest BCUT2D eigenvalue weighted by Gasteiger charge is -2.16. The number of likely N-dealkylation sites (tertiary alicyclic amines) is 1. The van der Waals surface area contributed by atoms with Gasteiger partial charge in [0.25, 0.3) is 0 Å². The third-order valence-electron chi connectivity index (χ3n) is 7.93. The van der Waals surface area contributed by atoms with Gasteiger partial charge in [-0.05, 0) is 67.1 Å². The van der Waals surface area contributed by atoms with Gasteiger partial charge in [0.1, 0.15) is 23.9 Å². The fraction of sp³-hybridized carbons (Fsp3) is 0.294. The van der Waals surface area contributed by atoms with Gasteiger partial charge in [-0.2, -0.15) is 5.10 Å². The van der Waals surface area contributed by atoms with Gasteiger partial charge in [-0.3, -0.25) is 9.48 Å². The van der Waals surface area contributed by atoms with E-state index in [4.69, 9.17) is 25.0 Å². The molecule has 10 heteroatoms. The molecule has 1 saturated heterocycles. The summed E-state index contributed by atoms with van der Waals surface area (Å²) in [5.74, 6) is 0.786. The minimum atomic E-state index is -0.305. The zero-order valence-electron chi connectivity index (χ0n) is 24.9. The summed E-state index contributed by atoms with van der Waals surface area (Å²) in [6.07, 6.45) is 2.29. The SMILES string of the molecule is CCOC(=O)Cc1ccccc1OCc1nn(C2CCN(C(=O)OCC)C2)c2ccc(-c3ccc4ccnc(N)c4c3)cc12. The predicted molar refractivity (Wildman–Crippen MR) is 168 cm³/mol. The number of nitrogens with zero attached hydrogens (tertiary/aromatic N) is 4. The van der Waals surface area contributed by atoms with E-state index >= 15 is 0 Å². The fourth-order valence-corrected chi connectivity index (χ4v) is 5.77. The Bertz CT molecular complexity index is 1830. The number of fused-ring (bicyclic) bond motifs is 2. The highest BCUT2D eigenvalue weighted by atomic mass is 16.6. The monoisotopic (exact) mass is 593 g/mol. The molecule has 1 unspecified atom stereocenters. The second-order valence-corrected chi connectivity index (χ2v) is 10.7. The van der Waals surface area contributed by atoms with Crippen molar-refractivity contribution in [3.05, 3.63) is 84.2 Å². The van der Waals surface area contributed by atoms with Crippen LogP contribution >= 0.6 is 0 Å². The van der Waals surface area contributed by atoms with E-state index in [1.807, 2.05) is 48.0 Å². The minimum absolute atomic E-state index is 0.0100. The van der Waals surface area contributed by atoms with Gasteiger partial charge in [0.15, 0.2) is 0 Å². The molecule has 3 heterocycles. The van der Waals surface area contributed by atoms with Crippen molar-refractivity contribution < 1.29 is 23.8 Å². The Hall–Kier alpha value is -5.12. The Balaban J connectivity index is 1.36. The normalized spacial score (nSPS) is 14.7. The van der Waals surface area contributed by atoms with Crippen molar-refractivity contribution in [3.63, 3.8) is 0 Å². The van der Waals surface area contributed by atoms with Crippen LogP contribution in [0.3, 0.4) is 0 Å². The summed E-state index contributed by atoms with van der Waals surface area (Å²) in [5, 5.41) is 7.90. The summed E-state index contributed by atoms with van der Waals surface area (Å²) in [6.45, 7) is 5.55. The standard InChI is InChI=1S/C34H35N5O5/c1-3-42-32(40)19-25-7-5-6-8-31(25)44-21-29-28-18-24(23-10-9-22-13-15-36-33(35)27(22)17-23)11-12-30(28)39(37-29)26-14-16-38(20-26)34(41)43-4-2/h5-13,15,17-18,26H,3-4,14,16,19-21H2,1-2H3,(H2,35,36). The number of benzene rings is 3. The molecule has 0 aliphatic carbocycles. The highest BCUT2D eigenvalue weighted by Gasteiger charge is 2.30. The fourth-order valence-electron chi connectivity index (χ4n) is 5.77. The van der Waals surface area contributed by atoms with E-state index < -0.39 is 0 Å². The van der Waals surface area contributed by atoms with Gasteiger partial charge in [-0.15, -0.1) is 0 Å². The summed E-state index contributed by atoms with van der Waals surface area (Å²) < 4.78 is 18.7. The number of nitrogen functional groups attached to an aromatic ring is 1. The molecular formula is C34H35N5O5. The highest BCUT2D eigenvalue weighted by molar-refractivity contribution is 5.95. The largest absolute Gasteiger partial charge is 0.487 e. The van der Waals surface area contributed by atoms with Crippen LogP contribution in [-0.4, -0.2) is 58.0 Å². The molecule has 10 nitrogen and oxygen atoms in total. The van der Waals surface area contributed by atoms with Crippen molar-refractivity contribution in [2.75, 3.05) is 32.0 Å². The molecule has 1 fully saturated rings. The van der Waals surface area contributed by atoms with Crippen LogP contribution in [0.15, 0.2) is 72.9 Å². The summed E-state index contributed by atoms with van der Waals surface area (Å²) in [5.41, 5.74) is 10.7. The minimum Gasteiger partial charge on any atom is -0.487 e. The number of hydrogen-bond donors (Lipinski definition) is 1. The van der Waals surface area contributed by atoms with Gasteiger partial charge >= 0.3 is 12.1 Å². The number of para-hydroxylation sites is 1. The van der Waals surface area contributed by atoms with Crippen molar-refractivity contribution in [1.29, 1.82) is 0 Å². The average Bonchev–Trinajstić information content (AvgIpc) is 3.66. The number of rotatable bonds is 9. The van der Waals surface area contributed by atoms with Gasteiger partial charge in [0.05, 0.1) is 31.2 Å². The molecule has 226 valence electrons. The Morgan fingerprint density at radius 1 is 0.955 bits per heavy atom. The number of aromatic nitrogens is 3. The van der Waals surface area contributed by atoms with Crippen LogP contribution in [0.4, 0.5) is 10.6 Å². The van der Waals surface area contributed by atoms with Gasteiger partial charge in [0, 0.05) is 35.6 Å². The topological polar surface area (TPSA) is 122 Å². The first-order valence-electron chi connectivity index (χ1n) is 14.9. The Morgan fingerprint density at radius 2 is 1.73 bits per heavy atom. The van der Waals surface area contributed by atoms with Gasteiger partial charge in [0.2, 0.25) is 0 Å². The van der Waals surface area contributed by atoms with E-state index in [1.54, 1.807) is 18.0 Å². The molecule has 1 amide bonds. The summed E-state index contributed by atoms with van der Waals surface area (Å²) >= 11 is 0. The van der Waals surface area contributed by atoms with E-state index in [-0.39, 0.29) is 31.1 Å². The number of esters is 1. The van der Waals surface area contributed by atoms with Crippen molar-refractivity contribution in [2.45, 2.75) is 39.3 Å². The number of hydrogen-bond acceptors (Lipinski definition) is 8. The summed E-state index contributed by atoms with van der Waals surface area (Å²) in [6, 6.07) is 21.8. The molecule has 2 N–H and O–H groups in total. The molecule has 2 aromatic heterocycles. The second kappa shape index (κ2) is 12.6. The zero-order chi connectivity index (χ0) is 30.6. The number of pyridine rings is 1. The molecule has 1 aliphatic heterocycles. The lowest BCUT2D eigenvalue weighted by atomic mass is 10.00. The summed E-state index contributed by atoms with van der Waals surface area (Å²) in [4.78, 5) is 30.6. The molecule has 1 atom stereocenters.